The molecule has 0 aromatic heterocycles. The number of rotatable bonds is 6. The average Bonchev–Trinajstić information content (AvgIpc) is 3.64. The lowest BCUT2D eigenvalue weighted by Crippen LogP contribution is -2.47. The summed E-state index contributed by atoms with van der Waals surface area (Å²) in [6.45, 7) is 0. The van der Waals surface area contributed by atoms with Gasteiger partial charge in [-0.2, -0.15) is 0 Å². The first-order valence-corrected chi connectivity index (χ1v) is 13.5. The molecule has 178 valence electrons. The highest BCUT2D eigenvalue weighted by Gasteiger charge is 2.48. The second-order valence-corrected chi connectivity index (χ2v) is 11.6. The lowest BCUT2D eigenvalue weighted by molar-refractivity contribution is -0.123. The van der Waals surface area contributed by atoms with Gasteiger partial charge in [0, 0.05) is 23.6 Å². The maximum Gasteiger partial charge on any atom is 0.251 e. The SMILES string of the molecule is O=C(NC1C2CCCC3CC1CC3C2)c1ccc(OC2CCC(NC(=O)C3CC3)CC2)cc1. The van der Waals surface area contributed by atoms with Crippen LogP contribution in [0.1, 0.15) is 87.4 Å². The van der Waals surface area contributed by atoms with Gasteiger partial charge in [-0.3, -0.25) is 9.59 Å². The fourth-order valence-corrected chi connectivity index (χ4v) is 7.39. The molecule has 0 radical (unpaired) electrons. The van der Waals surface area contributed by atoms with E-state index in [-0.39, 0.29) is 23.8 Å². The van der Waals surface area contributed by atoms with Crippen LogP contribution in [0.4, 0.5) is 0 Å². The van der Waals surface area contributed by atoms with Crippen molar-refractivity contribution in [1.29, 1.82) is 0 Å². The van der Waals surface area contributed by atoms with Gasteiger partial charge in [0.15, 0.2) is 0 Å². The molecule has 5 nitrogen and oxygen atoms in total. The van der Waals surface area contributed by atoms with Crippen LogP contribution in [0, 0.1) is 29.6 Å². The Morgan fingerprint density at radius 2 is 1.42 bits per heavy atom. The Balaban J connectivity index is 0.997. The molecule has 1 aromatic carbocycles. The Bertz CT molecular complexity index is 872. The second kappa shape index (κ2) is 8.96. The minimum Gasteiger partial charge on any atom is -0.490 e. The fraction of sp³-hybridized carbons (Fsp3) is 0.714. The summed E-state index contributed by atoms with van der Waals surface area (Å²) >= 11 is 0. The first kappa shape index (κ1) is 21.5. The van der Waals surface area contributed by atoms with Crippen LogP contribution in [-0.2, 0) is 4.79 Å². The predicted molar refractivity (Wildman–Crippen MR) is 127 cm³/mol. The molecule has 33 heavy (non-hydrogen) atoms. The lowest BCUT2D eigenvalue weighted by atomic mass is 9.75. The van der Waals surface area contributed by atoms with Crippen molar-refractivity contribution in [1.82, 2.24) is 10.6 Å². The highest BCUT2D eigenvalue weighted by molar-refractivity contribution is 5.94. The van der Waals surface area contributed by atoms with Crippen LogP contribution in [0.25, 0.3) is 0 Å². The van der Waals surface area contributed by atoms with Crippen molar-refractivity contribution in [3.05, 3.63) is 29.8 Å². The maximum absolute atomic E-state index is 13.0. The molecule has 0 aliphatic heterocycles. The molecule has 2 N–H and O–H groups in total. The molecule has 5 fully saturated rings. The first-order chi connectivity index (χ1) is 16.1. The summed E-state index contributed by atoms with van der Waals surface area (Å²) in [5, 5.41) is 6.64. The number of benzene rings is 1. The van der Waals surface area contributed by atoms with Crippen molar-refractivity contribution in [2.45, 2.75) is 95.2 Å². The van der Waals surface area contributed by atoms with Gasteiger partial charge in [0.2, 0.25) is 5.91 Å². The quantitative estimate of drug-likeness (QED) is 0.651. The third-order valence-electron chi connectivity index (χ3n) is 9.33. The molecule has 5 unspecified atom stereocenters. The molecule has 0 heterocycles. The van der Waals surface area contributed by atoms with Crippen molar-refractivity contribution >= 4 is 11.8 Å². The number of hydrogen-bond acceptors (Lipinski definition) is 3. The highest BCUT2D eigenvalue weighted by Crippen LogP contribution is 2.53. The third-order valence-corrected chi connectivity index (χ3v) is 9.33. The Morgan fingerprint density at radius 3 is 2.18 bits per heavy atom. The smallest absolute Gasteiger partial charge is 0.251 e. The number of carbonyl (C=O) groups excluding carboxylic acids is 2. The van der Waals surface area contributed by atoms with Crippen LogP contribution in [0.5, 0.6) is 5.75 Å². The van der Waals surface area contributed by atoms with Crippen LogP contribution in [0.3, 0.4) is 0 Å². The Labute approximate surface area is 197 Å². The van der Waals surface area contributed by atoms with E-state index in [1.54, 1.807) is 0 Å². The minimum atomic E-state index is 0.0749. The zero-order valence-corrected chi connectivity index (χ0v) is 19.6. The molecular weight excluding hydrogens is 412 g/mol. The molecule has 6 rings (SSSR count). The standard InChI is InChI=1S/C28H38N2O3/c31-27(17-4-5-17)29-23-8-12-25(13-9-23)33-24-10-6-18(7-11-24)28(32)30-26-20-3-1-2-19-14-22(26)16-21(19)15-20/h6-7,10-11,17,19-23,25-26H,1-5,8-9,12-16H2,(H,29,31)(H,30,32). The average molecular weight is 451 g/mol. The summed E-state index contributed by atoms with van der Waals surface area (Å²) in [5.41, 5.74) is 0.737. The monoisotopic (exact) mass is 450 g/mol. The second-order valence-electron chi connectivity index (χ2n) is 11.6. The summed E-state index contributed by atoms with van der Waals surface area (Å²) in [5.74, 6) is 4.65. The van der Waals surface area contributed by atoms with E-state index in [1.807, 2.05) is 24.3 Å². The Kier molecular flexibility index (Phi) is 5.83. The summed E-state index contributed by atoms with van der Waals surface area (Å²) < 4.78 is 6.20. The molecule has 0 spiro atoms. The van der Waals surface area contributed by atoms with Gasteiger partial charge in [-0.25, -0.2) is 0 Å². The third kappa shape index (κ3) is 4.65. The van der Waals surface area contributed by atoms with E-state index in [4.69, 9.17) is 4.74 Å². The number of amides is 2. The van der Waals surface area contributed by atoms with Gasteiger partial charge in [0.1, 0.15) is 5.75 Å². The highest BCUT2D eigenvalue weighted by atomic mass is 16.5. The molecule has 5 atom stereocenters. The summed E-state index contributed by atoms with van der Waals surface area (Å²) in [6, 6.07) is 8.38. The van der Waals surface area contributed by atoms with Gasteiger partial charge in [0.25, 0.3) is 5.91 Å². The van der Waals surface area contributed by atoms with Crippen molar-refractivity contribution < 1.29 is 14.3 Å². The van der Waals surface area contributed by atoms with E-state index in [9.17, 15) is 9.59 Å². The van der Waals surface area contributed by atoms with Gasteiger partial charge >= 0.3 is 0 Å². The number of hydrogen-bond donors (Lipinski definition) is 2. The van der Waals surface area contributed by atoms with E-state index >= 15 is 0 Å². The topological polar surface area (TPSA) is 67.4 Å². The van der Waals surface area contributed by atoms with Gasteiger partial charge in [0.05, 0.1) is 6.10 Å². The normalized spacial score (nSPS) is 37.3. The fourth-order valence-electron chi connectivity index (χ4n) is 7.39. The first-order valence-electron chi connectivity index (χ1n) is 13.5. The summed E-state index contributed by atoms with van der Waals surface area (Å²) in [6.07, 6.45) is 14.2. The molecule has 5 heteroatoms. The van der Waals surface area contributed by atoms with E-state index in [1.165, 1.54) is 38.5 Å². The van der Waals surface area contributed by atoms with Crippen LogP contribution in [0.2, 0.25) is 0 Å². The largest absolute Gasteiger partial charge is 0.490 e. The van der Waals surface area contributed by atoms with Gasteiger partial charge < -0.3 is 15.4 Å². The summed E-state index contributed by atoms with van der Waals surface area (Å²) in [7, 11) is 0. The van der Waals surface area contributed by atoms with E-state index in [0.717, 1.165) is 61.7 Å². The van der Waals surface area contributed by atoms with Gasteiger partial charge in [-0.15, -0.1) is 0 Å². The molecule has 2 amide bonds. The van der Waals surface area contributed by atoms with Crippen molar-refractivity contribution in [2.24, 2.45) is 29.6 Å². The summed E-state index contributed by atoms with van der Waals surface area (Å²) in [4.78, 5) is 25.0. The maximum atomic E-state index is 13.0. The molecule has 5 aliphatic carbocycles. The predicted octanol–water partition coefficient (Wildman–Crippen LogP) is 4.85. The van der Waals surface area contributed by atoms with E-state index in [2.05, 4.69) is 10.6 Å². The Morgan fingerprint density at radius 1 is 0.727 bits per heavy atom. The Hall–Kier alpha value is -2.04. The molecule has 0 saturated heterocycles. The molecular formula is C28H38N2O3. The molecule has 5 saturated carbocycles. The minimum absolute atomic E-state index is 0.0749. The lowest BCUT2D eigenvalue weighted by Gasteiger charge is -2.37. The molecule has 3 bridgehead atoms. The number of nitrogens with one attached hydrogen (secondary N) is 2. The van der Waals surface area contributed by atoms with E-state index in [0.29, 0.717) is 23.9 Å². The van der Waals surface area contributed by atoms with Crippen molar-refractivity contribution in [3.8, 4) is 5.75 Å². The van der Waals surface area contributed by atoms with Crippen LogP contribution < -0.4 is 15.4 Å². The zero-order valence-electron chi connectivity index (χ0n) is 19.6. The molecule has 1 aromatic rings. The van der Waals surface area contributed by atoms with Crippen LogP contribution in [0.15, 0.2) is 24.3 Å². The van der Waals surface area contributed by atoms with Crippen LogP contribution in [-0.4, -0.2) is 30.0 Å². The zero-order chi connectivity index (χ0) is 22.4. The van der Waals surface area contributed by atoms with Crippen LogP contribution >= 0.6 is 0 Å². The van der Waals surface area contributed by atoms with Crippen molar-refractivity contribution in [3.63, 3.8) is 0 Å². The number of ether oxygens (including phenoxy) is 1. The van der Waals surface area contributed by atoms with Gasteiger partial charge in [-0.05, 0) is 112 Å². The van der Waals surface area contributed by atoms with Crippen molar-refractivity contribution in [2.75, 3.05) is 0 Å². The molecule has 5 aliphatic rings. The number of carbonyl (C=O) groups is 2. The van der Waals surface area contributed by atoms with E-state index < -0.39 is 0 Å². The number of fused-ring (bicyclic) bond motifs is 2. The van der Waals surface area contributed by atoms with Gasteiger partial charge in [-0.1, -0.05) is 12.8 Å².